The van der Waals surface area contributed by atoms with Gasteiger partial charge in [0, 0.05) is 17.3 Å². The Kier molecular flexibility index (Phi) is 6.34. The molecule has 3 aromatic rings. The van der Waals surface area contributed by atoms with E-state index in [1.54, 1.807) is 59.2 Å². The molecule has 1 heterocycles. The topological polar surface area (TPSA) is 88.8 Å². The Hall–Kier alpha value is -3.54. The Bertz CT molecular complexity index is 1030. The number of pyridine rings is 1. The van der Waals surface area contributed by atoms with E-state index in [0.29, 0.717) is 24.3 Å². The van der Waals surface area contributed by atoms with Crippen LogP contribution in [-0.2, 0) is 17.8 Å². The third kappa shape index (κ3) is 5.04. The molecule has 1 unspecified atom stereocenters. The van der Waals surface area contributed by atoms with Crippen LogP contribution in [0, 0.1) is 0 Å². The number of rotatable bonds is 8. The summed E-state index contributed by atoms with van der Waals surface area (Å²) in [7, 11) is 0. The molecule has 0 bridgehead atoms. The molecule has 1 atom stereocenters. The van der Waals surface area contributed by atoms with E-state index in [9.17, 15) is 19.8 Å². The second-order valence-electron chi connectivity index (χ2n) is 6.77. The van der Waals surface area contributed by atoms with E-state index in [0.717, 1.165) is 17.7 Å². The van der Waals surface area contributed by atoms with Gasteiger partial charge in [0.05, 0.1) is 6.54 Å². The van der Waals surface area contributed by atoms with E-state index < -0.39 is 12.1 Å². The van der Waals surface area contributed by atoms with Gasteiger partial charge in [0.1, 0.15) is 11.5 Å². The summed E-state index contributed by atoms with van der Waals surface area (Å²) in [5, 5.41) is 19.2. The Balaban J connectivity index is 1.79. The van der Waals surface area contributed by atoms with Crippen molar-refractivity contribution in [1.29, 1.82) is 0 Å². The van der Waals surface area contributed by atoms with Crippen LogP contribution in [-0.4, -0.2) is 20.7 Å². The minimum Gasteiger partial charge on any atom is -0.508 e. The number of aliphatic carboxylic acids is 1. The zero-order valence-corrected chi connectivity index (χ0v) is 16.1. The Morgan fingerprint density at radius 3 is 2.38 bits per heavy atom. The van der Waals surface area contributed by atoms with Crippen LogP contribution >= 0.6 is 0 Å². The number of carboxylic acids is 1. The number of carboxylic acid groups (broad SMARTS) is 1. The van der Waals surface area contributed by atoms with Gasteiger partial charge < -0.3 is 19.5 Å². The van der Waals surface area contributed by atoms with Crippen molar-refractivity contribution < 1.29 is 19.7 Å². The molecule has 0 saturated heterocycles. The molecule has 1 aromatic heterocycles. The molecule has 2 N–H and O–H groups in total. The number of nitrogens with zero attached hydrogens (tertiary/aromatic N) is 1. The lowest BCUT2D eigenvalue weighted by atomic mass is 10.1. The minimum atomic E-state index is -1.10. The van der Waals surface area contributed by atoms with E-state index in [1.165, 1.54) is 6.07 Å². The molecule has 0 saturated carbocycles. The standard InChI is InChI=1S/C23H23NO5/c1-2-6-18-13-19(25)14-21(26)24(18)15-16-9-11-20(12-10-16)29-22(23(27)28)17-7-4-3-5-8-17/h3-5,7-14,22,25H,2,6,15H2,1H3,(H,27,28). The number of hydrogen-bond donors (Lipinski definition) is 2. The monoisotopic (exact) mass is 393 g/mol. The third-order valence-electron chi connectivity index (χ3n) is 4.55. The van der Waals surface area contributed by atoms with E-state index in [-0.39, 0.29) is 11.3 Å². The Morgan fingerprint density at radius 1 is 1.07 bits per heavy atom. The van der Waals surface area contributed by atoms with Crippen LogP contribution in [0.1, 0.15) is 36.3 Å². The molecule has 6 nitrogen and oxygen atoms in total. The first-order chi connectivity index (χ1) is 14.0. The average molecular weight is 393 g/mol. The van der Waals surface area contributed by atoms with Crippen molar-refractivity contribution in [2.75, 3.05) is 0 Å². The highest BCUT2D eigenvalue weighted by Crippen LogP contribution is 2.23. The molecule has 0 amide bonds. The maximum Gasteiger partial charge on any atom is 0.349 e. The van der Waals surface area contributed by atoms with Crippen LogP contribution in [0.2, 0.25) is 0 Å². The van der Waals surface area contributed by atoms with Crippen molar-refractivity contribution in [1.82, 2.24) is 4.57 Å². The second kappa shape index (κ2) is 9.10. The lowest BCUT2D eigenvalue weighted by Gasteiger charge is -2.16. The normalized spacial score (nSPS) is 11.8. The molecule has 3 rings (SSSR count). The van der Waals surface area contributed by atoms with Gasteiger partial charge in [-0.05, 0) is 30.2 Å². The molecule has 0 aliphatic carbocycles. The van der Waals surface area contributed by atoms with E-state index >= 15 is 0 Å². The van der Waals surface area contributed by atoms with E-state index in [2.05, 4.69) is 0 Å². The number of aromatic nitrogens is 1. The maximum atomic E-state index is 12.3. The van der Waals surface area contributed by atoms with Crippen molar-refractivity contribution in [3.05, 3.63) is 93.9 Å². The summed E-state index contributed by atoms with van der Waals surface area (Å²) < 4.78 is 7.30. The first kappa shape index (κ1) is 20.2. The fourth-order valence-corrected chi connectivity index (χ4v) is 3.16. The van der Waals surface area contributed by atoms with E-state index in [1.807, 2.05) is 13.0 Å². The van der Waals surface area contributed by atoms with Gasteiger partial charge in [-0.15, -0.1) is 0 Å². The summed E-state index contributed by atoms with van der Waals surface area (Å²) in [6.07, 6.45) is 0.437. The summed E-state index contributed by atoms with van der Waals surface area (Å²) in [6, 6.07) is 18.6. The van der Waals surface area contributed by atoms with Gasteiger partial charge in [-0.3, -0.25) is 4.79 Å². The molecule has 0 radical (unpaired) electrons. The predicted molar refractivity (Wildman–Crippen MR) is 109 cm³/mol. The largest absolute Gasteiger partial charge is 0.508 e. The molecule has 0 aliphatic heterocycles. The number of aromatic hydroxyl groups is 1. The molecule has 0 spiro atoms. The number of carbonyl (C=O) groups is 1. The van der Waals surface area contributed by atoms with Gasteiger partial charge in [0.15, 0.2) is 0 Å². The van der Waals surface area contributed by atoms with Crippen LogP contribution in [0.25, 0.3) is 0 Å². The summed E-state index contributed by atoms with van der Waals surface area (Å²) in [5.41, 5.74) is 1.94. The fraction of sp³-hybridized carbons (Fsp3) is 0.217. The Labute approximate surface area is 168 Å². The third-order valence-corrected chi connectivity index (χ3v) is 4.55. The van der Waals surface area contributed by atoms with Gasteiger partial charge in [-0.2, -0.15) is 0 Å². The SMILES string of the molecule is CCCc1cc(O)cc(=O)n1Cc1ccc(OC(C(=O)O)c2ccccc2)cc1. The quantitative estimate of drug-likeness (QED) is 0.608. The summed E-state index contributed by atoms with van der Waals surface area (Å²) >= 11 is 0. The second-order valence-corrected chi connectivity index (χ2v) is 6.77. The van der Waals surface area contributed by atoms with Crippen molar-refractivity contribution in [3.8, 4) is 11.5 Å². The zero-order chi connectivity index (χ0) is 20.8. The van der Waals surface area contributed by atoms with Gasteiger partial charge >= 0.3 is 5.97 Å². The maximum absolute atomic E-state index is 12.3. The molecule has 29 heavy (non-hydrogen) atoms. The first-order valence-corrected chi connectivity index (χ1v) is 9.44. The van der Waals surface area contributed by atoms with Crippen LogP contribution in [0.3, 0.4) is 0 Å². The van der Waals surface area contributed by atoms with Crippen LogP contribution < -0.4 is 10.3 Å². The van der Waals surface area contributed by atoms with Crippen LogP contribution in [0.15, 0.2) is 71.5 Å². The highest BCUT2D eigenvalue weighted by Gasteiger charge is 2.21. The van der Waals surface area contributed by atoms with Crippen molar-refractivity contribution in [2.45, 2.75) is 32.4 Å². The van der Waals surface area contributed by atoms with E-state index in [4.69, 9.17) is 4.74 Å². The molecule has 0 aliphatic rings. The molecule has 2 aromatic carbocycles. The summed E-state index contributed by atoms with van der Waals surface area (Å²) in [6.45, 7) is 2.37. The highest BCUT2D eigenvalue weighted by molar-refractivity contribution is 5.74. The molecule has 150 valence electrons. The fourth-order valence-electron chi connectivity index (χ4n) is 3.16. The summed E-state index contributed by atoms with van der Waals surface area (Å²) in [4.78, 5) is 23.9. The van der Waals surface area contributed by atoms with Crippen molar-refractivity contribution >= 4 is 5.97 Å². The molecular formula is C23H23NO5. The number of hydrogen-bond acceptors (Lipinski definition) is 4. The van der Waals surface area contributed by atoms with Crippen molar-refractivity contribution in [3.63, 3.8) is 0 Å². The zero-order valence-electron chi connectivity index (χ0n) is 16.1. The average Bonchev–Trinajstić information content (AvgIpc) is 2.70. The Morgan fingerprint density at radius 2 is 1.76 bits per heavy atom. The number of benzene rings is 2. The molecule has 6 heteroatoms. The van der Waals surface area contributed by atoms with Crippen molar-refractivity contribution in [2.24, 2.45) is 0 Å². The summed E-state index contributed by atoms with van der Waals surface area (Å²) in [5.74, 6) is -0.670. The predicted octanol–water partition coefficient (Wildman–Crippen LogP) is 3.76. The number of aryl methyl sites for hydroxylation is 1. The van der Waals surface area contributed by atoms with Gasteiger partial charge in [0.25, 0.3) is 5.56 Å². The minimum absolute atomic E-state index is 0.0286. The van der Waals surface area contributed by atoms with Gasteiger partial charge in [0.2, 0.25) is 6.10 Å². The molecular weight excluding hydrogens is 370 g/mol. The highest BCUT2D eigenvalue weighted by atomic mass is 16.5. The lowest BCUT2D eigenvalue weighted by molar-refractivity contribution is -0.145. The van der Waals surface area contributed by atoms with Crippen LogP contribution in [0.4, 0.5) is 0 Å². The van der Waals surface area contributed by atoms with Gasteiger partial charge in [-0.1, -0.05) is 55.8 Å². The van der Waals surface area contributed by atoms with Gasteiger partial charge in [-0.25, -0.2) is 4.79 Å². The lowest BCUT2D eigenvalue weighted by Crippen LogP contribution is -2.23. The first-order valence-electron chi connectivity index (χ1n) is 9.44. The van der Waals surface area contributed by atoms with Crippen LogP contribution in [0.5, 0.6) is 11.5 Å². The molecule has 0 fully saturated rings. The number of ether oxygens (including phenoxy) is 1. The smallest absolute Gasteiger partial charge is 0.349 e.